The van der Waals surface area contributed by atoms with Crippen LogP contribution in [-0.2, 0) is 16.4 Å². The van der Waals surface area contributed by atoms with Crippen LogP contribution < -0.4 is 10.0 Å². The van der Waals surface area contributed by atoms with Crippen LogP contribution in [-0.4, -0.2) is 20.9 Å². The Kier molecular flexibility index (Phi) is 5.83. The lowest BCUT2D eigenvalue weighted by molar-refractivity contribution is 0.0954. The van der Waals surface area contributed by atoms with Gasteiger partial charge in [0, 0.05) is 17.8 Å². The van der Waals surface area contributed by atoms with Crippen LogP contribution in [0.5, 0.6) is 0 Å². The number of benzene rings is 3. The summed E-state index contributed by atoms with van der Waals surface area (Å²) in [6.45, 7) is 0.492. The van der Waals surface area contributed by atoms with E-state index in [4.69, 9.17) is 0 Å². The molecule has 7 heteroatoms. The first-order valence-electron chi connectivity index (χ1n) is 9.43. The van der Waals surface area contributed by atoms with Gasteiger partial charge in [0.05, 0.1) is 0 Å². The largest absolute Gasteiger partial charge is 0.352 e. The molecule has 0 aliphatic rings. The Balaban J connectivity index is 1.32. The summed E-state index contributed by atoms with van der Waals surface area (Å²) in [6, 6.07) is 24.0. The monoisotopic (exact) mass is 436 g/mol. The third-order valence-electron chi connectivity index (χ3n) is 4.68. The summed E-state index contributed by atoms with van der Waals surface area (Å²) in [6.07, 6.45) is 0.650. The first-order valence-corrected chi connectivity index (χ1v) is 11.8. The van der Waals surface area contributed by atoms with Crippen molar-refractivity contribution in [3.8, 4) is 0 Å². The number of rotatable bonds is 7. The van der Waals surface area contributed by atoms with Gasteiger partial charge in [-0.15, -0.1) is 11.3 Å². The van der Waals surface area contributed by atoms with E-state index in [9.17, 15) is 13.2 Å². The molecule has 5 nitrogen and oxygen atoms in total. The maximum Gasteiger partial charge on any atom is 0.271 e. The lowest BCUT2D eigenvalue weighted by Gasteiger charge is -2.09. The molecule has 2 N–H and O–H groups in total. The average molecular weight is 437 g/mol. The highest BCUT2D eigenvalue weighted by Crippen LogP contribution is 2.20. The number of carbonyl (C=O) groups excluding carboxylic acids is 1. The predicted molar refractivity (Wildman–Crippen MR) is 122 cm³/mol. The molecule has 0 aliphatic carbocycles. The zero-order chi connectivity index (χ0) is 21.0. The molecule has 0 radical (unpaired) electrons. The zero-order valence-corrected chi connectivity index (χ0v) is 17.7. The highest BCUT2D eigenvalue weighted by molar-refractivity contribution is 7.94. The number of sulfonamides is 1. The highest BCUT2D eigenvalue weighted by atomic mass is 32.2. The van der Waals surface area contributed by atoms with Crippen molar-refractivity contribution in [3.63, 3.8) is 0 Å². The maximum atomic E-state index is 12.4. The van der Waals surface area contributed by atoms with E-state index in [0.717, 1.165) is 16.3 Å². The molecule has 1 aromatic heterocycles. The minimum absolute atomic E-state index is 0.110. The van der Waals surface area contributed by atoms with E-state index >= 15 is 0 Å². The fourth-order valence-electron chi connectivity index (χ4n) is 3.11. The van der Waals surface area contributed by atoms with Crippen LogP contribution in [0.2, 0.25) is 0 Å². The van der Waals surface area contributed by atoms with E-state index in [1.165, 1.54) is 11.3 Å². The molecule has 4 rings (SSSR count). The first-order chi connectivity index (χ1) is 14.5. The van der Waals surface area contributed by atoms with Crippen molar-refractivity contribution < 1.29 is 13.2 Å². The Bertz CT molecular complexity index is 1270. The predicted octanol–water partition coefficient (Wildman–Crippen LogP) is 4.67. The zero-order valence-electron chi connectivity index (χ0n) is 16.0. The number of nitrogens with one attached hydrogen (secondary N) is 2. The van der Waals surface area contributed by atoms with Gasteiger partial charge in [0.1, 0.15) is 4.21 Å². The van der Waals surface area contributed by atoms with Crippen LogP contribution in [0.1, 0.15) is 15.9 Å². The van der Waals surface area contributed by atoms with Gasteiger partial charge in [0.25, 0.3) is 15.9 Å². The van der Waals surface area contributed by atoms with Crippen molar-refractivity contribution in [3.05, 3.63) is 95.4 Å². The van der Waals surface area contributed by atoms with Crippen LogP contribution >= 0.6 is 11.3 Å². The van der Waals surface area contributed by atoms with Gasteiger partial charge in [-0.25, -0.2) is 8.42 Å². The molecule has 0 aliphatic heterocycles. The third kappa shape index (κ3) is 4.69. The van der Waals surface area contributed by atoms with Crippen LogP contribution in [0.25, 0.3) is 10.8 Å². The van der Waals surface area contributed by atoms with Gasteiger partial charge >= 0.3 is 0 Å². The Labute approximate surface area is 179 Å². The molecular formula is C23H20N2O3S2. The molecule has 1 amide bonds. The summed E-state index contributed by atoms with van der Waals surface area (Å²) < 4.78 is 27.4. The molecular weight excluding hydrogens is 416 g/mol. The summed E-state index contributed by atoms with van der Waals surface area (Å²) in [5, 5.41) is 6.79. The van der Waals surface area contributed by atoms with Crippen molar-refractivity contribution in [2.45, 2.75) is 10.6 Å². The summed E-state index contributed by atoms with van der Waals surface area (Å²) >= 11 is 1.17. The van der Waals surface area contributed by atoms with Gasteiger partial charge in [-0.2, -0.15) is 0 Å². The molecule has 0 saturated carbocycles. The van der Waals surface area contributed by atoms with Gasteiger partial charge in [-0.3, -0.25) is 9.52 Å². The summed E-state index contributed by atoms with van der Waals surface area (Å²) in [4.78, 5) is 12.4. The van der Waals surface area contributed by atoms with E-state index < -0.39 is 10.0 Å². The van der Waals surface area contributed by atoms with Crippen molar-refractivity contribution in [2.24, 2.45) is 0 Å². The molecule has 30 heavy (non-hydrogen) atoms. The number of carbonyl (C=O) groups is 1. The minimum Gasteiger partial charge on any atom is -0.352 e. The number of hydrogen-bond acceptors (Lipinski definition) is 4. The maximum absolute atomic E-state index is 12.4. The van der Waals surface area contributed by atoms with Crippen molar-refractivity contribution >= 4 is 43.7 Å². The fourth-order valence-corrected chi connectivity index (χ4v) is 5.17. The quantitative estimate of drug-likeness (QED) is 0.442. The topological polar surface area (TPSA) is 75.3 Å². The van der Waals surface area contributed by atoms with Crippen LogP contribution in [0.15, 0.2) is 88.5 Å². The first kappa shape index (κ1) is 20.1. The molecule has 0 atom stereocenters. The molecule has 0 bridgehead atoms. The van der Waals surface area contributed by atoms with Gasteiger partial charge in [0.2, 0.25) is 0 Å². The number of fused-ring (bicyclic) bond motifs is 1. The Hall–Kier alpha value is -3.16. The number of hydrogen-bond donors (Lipinski definition) is 2. The standard InChI is InChI=1S/C23H20N2O3S2/c26-23(20-10-9-18-4-1-2-5-19(18)16-20)24-14-13-17-7-11-21(12-8-17)25-30(27,28)22-6-3-15-29-22/h1-12,15-16,25H,13-14H2,(H,24,26). The minimum atomic E-state index is -3.55. The van der Waals surface area contributed by atoms with E-state index in [1.807, 2.05) is 54.6 Å². The van der Waals surface area contributed by atoms with Crippen LogP contribution in [0, 0.1) is 0 Å². The second-order valence-electron chi connectivity index (χ2n) is 6.80. The fraction of sp³-hybridized carbons (Fsp3) is 0.0870. The number of amides is 1. The van der Waals surface area contributed by atoms with Gasteiger partial charge < -0.3 is 5.32 Å². The molecule has 3 aromatic carbocycles. The summed E-state index contributed by atoms with van der Waals surface area (Å²) in [5.41, 5.74) is 2.15. The lowest BCUT2D eigenvalue weighted by atomic mass is 10.1. The summed E-state index contributed by atoms with van der Waals surface area (Å²) in [7, 11) is -3.55. The lowest BCUT2D eigenvalue weighted by Crippen LogP contribution is -2.25. The van der Waals surface area contributed by atoms with Gasteiger partial charge in [-0.05, 0) is 58.5 Å². The average Bonchev–Trinajstić information content (AvgIpc) is 3.30. The van der Waals surface area contributed by atoms with Crippen LogP contribution in [0.4, 0.5) is 5.69 Å². The summed E-state index contributed by atoms with van der Waals surface area (Å²) in [5.74, 6) is -0.110. The molecule has 4 aromatic rings. The second kappa shape index (κ2) is 8.69. The number of anilines is 1. The molecule has 0 spiro atoms. The number of thiophene rings is 1. The Morgan fingerprint density at radius 2 is 1.63 bits per heavy atom. The van der Waals surface area contributed by atoms with Gasteiger partial charge in [0.15, 0.2) is 0 Å². The van der Waals surface area contributed by atoms with Crippen molar-refractivity contribution in [2.75, 3.05) is 11.3 Å². The Morgan fingerprint density at radius 1 is 0.867 bits per heavy atom. The van der Waals surface area contributed by atoms with Crippen molar-refractivity contribution in [1.82, 2.24) is 5.32 Å². The third-order valence-corrected chi connectivity index (χ3v) is 7.46. The van der Waals surface area contributed by atoms with E-state index in [0.29, 0.717) is 24.2 Å². The molecule has 1 heterocycles. The van der Waals surface area contributed by atoms with Crippen LogP contribution in [0.3, 0.4) is 0 Å². The second-order valence-corrected chi connectivity index (χ2v) is 9.66. The smallest absolute Gasteiger partial charge is 0.271 e. The molecule has 0 saturated heterocycles. The molecule has 0 unspecified atom stereocenters. The Morgan fingerprint density at radius 3 is 2.37 bits per heavy atom. The van der Waals surface area contributed by atoms with E-state index in [1.54, 1.807) is 29.6 Å². The van der Waals surface area contributed by atoms with Gasteiger partial charge in [-0.1, -0.05) is 48.5 Å². The van der Waals surface area contributed by atoms with E-state index in [-0.39, 0.29) is 10.1 Å². The van der Waals surface area contributed by atoms with E-state index in [2.05, 4.69) is 10.0 Å². The SMILES string of the molecule is O=C(NCCc1ccc(NS(=O)(=O)c2cccs2)cc1)c1ccc2ccccc2c1. The molecule has 0 fully saturated rings. The molecule has 152 valence electrons. The highest BCUT2D eigenvalue weighted by Gasteiger charge is 2.14. The normalized spacial score (nSPS) is 11.3. The van der Waals surface area contributed by atoms with Crippen molar-refractivity contribution in [1.29, 1.82) is 0 Å².